The number of methoxy groups -OCH3 is 3. The average molecular weight is 372 g/mol. The summed E-state index contributed by atoms with van der Waals surface area (Å²) in [7, 11) is 4.64. The predicted molar refractivity (Wildman–Crippen MR) is 102 cm³/mol. The van der Waals surface area contributed by atoms with Crippen molar-refractivity contribution < 1.29 is 23.8 Å². The summed E-state index contributed by atoms with van der Waals surface area (Å²) in [5, 5.41) is 5.53. The van der Waals surface area contributed by atoms with E-state index in [2.05, 4.69) is 10.6 Å². The summed E-state index contributed by atoms with van der Waals surface area (Å²) in [4.78, 5) is 24.2. The van der Waals surface area contributed by atoms with Crippen molar-refractivity contribution in [3.8, 4) is 17.2 Å². The molecular weight excluding hydrogens is 348 g/mol. The van der Waals surface area contributed by atoms with Crippen LogP contribution in [0.25, 0.3) is 0 Å². The number of hydrogen-bond donors (Lipinski definition) is 2. The quantitative estimate of drug-likeness (QED) is 0.656. The van der Waals surface area contributed by atoms with Crippen LogP contribution in [0.1, 0.15) is 15.9 Å². The Bertz CT molecular complexity index is 752. The first-order valence-corrected chi connectivity index (χ1v) is 8.46. The zero-order valence-corrected chi connectivity index (χ0v) is 15.7. The van der Waals surface area contributed by atoms with Crippen LogP contribution in [0.3, 0.4) is 0 Å². The Morgan fingerprint density at radius 2 is 1.33 bits per heavy atom. The SMILES string of the molecule is COc1ccc(CC(=O)NCCNC(=O)c2cc(OC)cc(OC)c2)cc1. The number of amides is 2. The largest absolute Gasteiger partial charge is 0.497 e. The molecule has 0 aliphatic rings. The van der Waals surface area contributed by atoms with Crippen LogP contribution < -0.4 is 24.8 Å². The van der Waals surface area contributed by atoms with Gasteiger partial charge in [0.1, 0.15) is 17.2 Å². The molecule has 0 aromatic heterocycles. The second kappa shape index (κ2) is 10.1. The maximum Gasteiger partial charge on any atom is 0.251 e. The van der Waals surface area contributed by atoms with Crippen molar-refractivity contribution in [1.82, 2.24) is 10.6 Å². The van der Waals surface area contributed by atoms with Crippen LogP contribution in [0.4, 0.5) is 0 Å². The van der Waals surface area contributed by atoms with Gasteiger partial charge < -0.3 is 24.8 Å². The van der Waals surface area contributed by atoms with Gasteiger partial charge in [-0.2, -0.15) is 0 Å². The molecule has 7 nitrogen and oxygen atoms in total. The average Bonchev–Trinajstić information content (AvgIpc) is 2.71. The number of ether oxygens (including phenoxy) is 3. The molecule has 2 aromatic rings. The van der Waals surface area contributed by atoms with Gasteiger partial charge in [-0.25, -0.2) is 0 Å². The highest BCUT2D eigenvalue weighted by atomic mass is 16.5. The van der Waals surface area contributed by atoms with Gasteiger partial charge in [0.25, 0.3) is 5.91 Å². The Kier molecular flexibility index (Phi) is 7.49. The molecule has 2 aromatic carbocycles. The normalized spacial score (nSPS) is 10.0. The summed E-state index contributed by atoms with van der Waals surface area (Å²) < 4.78 is 15.4. The topological polar surface area (TPSA) is 85.9 Å². The summed E-state index contributed by atoms with van der Waals surface area (Å²) in [6.45, 7) is 0.647. The summed E-state index contributed by atoms with van der Waals surface area (Å²) in [6, 6.07) is 12.2. The van der Waals surface area contributed by atoms with E-state index in [4.69, 9.17) is 14.2 Å². The fourth-order valence-electron chi connectivity index (χ4n) is 2.41. The third-order valence-electron chi connectivity index (χ3n) is 3.87. The first-order chi connectivity index (χ1) is 13.0. The summed E-state index contributed by atoms with van der Waals surface area (Å²) in [6.07, 6.45) is 0.269. The smallest absolute Gasteiger partial charge is 0.251 e. The molecule has 2 amide bonds. The van der Waals surface area contributed by atoms with Crippen LogP contribution in [-0.2, 0) is 11.2 Å². The van der Waals surface area contributed by atoms with Gasteiger partial charge in [-0.05, 0) is 29.8 Å². The second-order valence-electron chi connectivity index (χ2n) is 5.73. The van der Waals surface area contributed by atoms with Crippen molar-refractivity contribution in [3.05, 3.63) is 53.6 Å². The third kappa shape index (κ3) is 6.22. The number of carbonyl (C=O) groups is 2. The van der Waals surface area contributed by atoms with Gasteiger partial charge in [0.05, 0.1) is 27.8 Å². The van der Waals surface area contributed by atoms with Crippen molar-refractivity contribution in [3.63, 3.8) is 0 Å². The number of rotatable bonds is 9. The van der Waals surface area contributed by atoms with E-state index in [1.165, 1.54) is 14.2 Å². The lowest BCUT2D eigenvalue weighted by Crippen LogP contribution is -2.35. The number of hydrogen-bond acceptors (Lipinski definition) is 5. The van der Waals surface area contributed by atoms with E-state index in [-0.39, 0.29) is 18.2 Å². The van der Waals surface area contributed by atoms with Crippen LogP contribution in [0.2, 0.25) is 0 Å². The van der Waals surface area contributed by atoms with Gasteiger partial charge in [0, 0.05) is 24.7 Å². The van der Waals surface area contributed by atoms with Gasteiger partial charge in [-0.3, -0.25) is 9.59 Å². The van der Waals surface area contributed by atoms with E-state index >= 15 is 0 Å². The highest BCUT2D eigenvalue weighted by molar-refractivity contribution is 5.95. The molecule has 7 heteroatoms. The molecule has 0 saturated heterocycles. The van der Waals surface area contributed by atoms with Gasteiger partial charge in [0.15, 0.2) is 0 Å². The molecular formula is C20H24N2O5. The Morgan fingerprint density at radius 1 is 0.778 bits per heavy atom. The van der Waals surface area contributed by atoms with Crippen LogP contribution in [0.5, 0.6) is 17.2 Å². The van der Waals surface area contributed by atoms with Crippen molar-refractivity contribution in [2.45, 2.75) is 6.42 Å². The van der Waals surface area contributed by atoms with Gasteiger partial charge in [-0.1, -0.05) is 12.1 Å². The molecule has 0 radical (unpaired) electrons. The van der Waals surface area contributed by atoms with Crippen LogP contribution in [0, 0.1) is 0 Å². The van der Waals surface area contributed by atoms with Gasteiger partial charge in [-0.15, -0.1) is 0 Å². The van der Waals surface area contributed by atoms with Crippen molar-refractivity contribution in [2.24, 2.45) is 0 Å². The molecule has 0 unspecified atom stereocenters. The van der Waals surface area contributed by atoms with Crippen molar-refractivity contribution >= 4 is 11.8 Å². The Hall–Kier alpha value is -3.22. The molecule has 2 rings (SSSR count). The lowest BCUT2D eigenvalue weighted by molar-refractivity contribution is -0.120. The molecule has 0 fully saturated rings. The lowest BCUT2D eigenvalue weighted by atomic mass is 10.1. The fraction of sp³-hybridized carbons (Fsp3) is 0.300. The van der Waals surface area contributed by atoms with E-state index in [0.29, 0.717) is 30.2 Å². The summed E-state index contributed by atoms with van der Waals surface area (Å²) in [5.74, 6) is 1.43. The number of carbonyl (C=O) groups excluding carboxylic acids is 2. The van der Waals surface area contributed by atoms with E-state index in [0.717, 1.165) is 11.3 Å². The summed E-state index contributed by atoms with van der Waals surface area (Å²) in [5.41, 5.74) is 1.32. The van der Waals surface area contributed by atoms with Gasteiger partial charge in [0.2, 0.25) is 5.91 Å². The number of nitrogens with one attached hydrogen (secondary N) is 2. The molecule has 0 heterocycles. The highest BCUT2D eigenvalue weighted by Crippen LogP contribution is 2.22. The zero-order chi connectivity index (χ0) is 19.6. The molecule has 0 aliphatic heterocycles. The van der Waals surface area contributed by atoms with E-state index in [1.54, 1.807) is 25.3 Å². The van der Waals surface area contributed by atoms with Crippen LogP contribution in [-0.4, -0.2) is 46.2 Å². The maximum atomic E-state index is 12.2. The molecule has 0 bridgehead atoms. The Morgan fingerprint density at radius 3 is 1.89 bits per heavy atom. The summed E-state index contributed by atoms with van der Waals surface area (Å²) >= 11 is 0. The molecule has 0 spiro atoms. The van der Waals surface area contributed by atoms with E-state index in [9.17, 15) is 9.59 Å². The lowest BCUT2D eigenvalue weighted by Gasteiger charge is -2.10. The molecule has 0 saturated carbocycles. The molecule has 0 atom stereocenters. The Labute approximate surface area is 158 Å². The zero-order valence-electron chi connectivity index (χ0n) is 15.7. The van der Waals surface area contributed by atoms with Crippen molar-refractivity contribution in [2.75, 3.05) is 34.4 Å². The first-order valence-electron chi connectivity index (χ1n) is 8.46. The minimum absolute atomic E-state index is 0.113. The van der Waals surface area contributed by atoms with Crippen LogP contribution >= 0.6 is 0 Å². The van der Waals surface area contributed by atoms with E-state index < -0.39 is 0 Å². The maximum absolute atomic E-state index is 12.2. The third-order valence-corrected chi connectivity index (χ3v) is 3.87. The fourth-order valence-corrected chi connectivity index (χ4v) is 2.41. The first kappa shape index (κ1) is 20.1. The van der Waals surface area contributed by atoms with Gasteiger partial charge >= 0.3 is 0 Å². The minimum Gasteiger partial charge on any atom is -0.497 e. The standard InChI is InChI=1S/C20H24N2O5/c1-25-16-6-4-14(5-7-16)10-19(23)21-8-9-22-20(24)15-11-17(26-2)13-18(12-15)27-3/h4-7,11-13H,8-10H2,1-3H3,(H,21,23)(H,22,24). The second-order valence-corrected chi connectivity index (χ2v) is 5.73. The van der Waals surface area contributed by atoms with Crippen LogP contribution in [0.15, 0.2) is 42.5 Å². The van der Waals surface area contributed by atoms with Crippen molar-refractivity contribution in [1.29, 1.82) is 0 Å². The Balaban J connectivity index is 1.77. The van der Waals surface area contributed by atoms with E-state index in [1.807, 2.05) is 24.3 Å². The minimum atomic E-state index is -0.267. The molecule has 0 aliphatic carbocycles. The predicted octanol–water partition coefficient (Wildman–Crippen LogP) is 1.80. The molecule has 144 valence electrons. The monoisotopic (exact) mass is 372 g/mol. The molecule has 27 heavy (non-hydrogen) atoms. The highest BCUT2D eigenvalue weighted by Gasteiger charge is 2.10. The number of benzene rings is 2. The molecule has 2 N–H and O–H groups in total.